The maximum atomic E-state index is 3.46. The van der Waals surface area contributed by atoms with Crippen LogP contribution in [0.2, 0.25) is 0 Å². The molecule has 0 unspecified atom stereocenters. The van der Waals surface area contributed by atoms with Crippen molar-refractivity contribution in [1.82, 2.24) is 0 Å². The van der Waals surface area contributed by atoms with Gasteiger partial charge in [0.15, 0.2) is 0 Å². The summed E-state index contributed by atoms with van der Waals surface area (Å²) in [6.45, 7) is 3.13. The molecule has 0 aliphatic carbocycles. The Labute approximate surface area is 94.8 Å². The van der Waals surface area contributed by atoms with Crippen LogP contribution in [0.3, 0.4) is 0 Å². The Kier molecular flexibility index (Phi) is 3.41. The van der Waals surface area contributed by atoms with Gasteiger partial charge in [-0.3, -0.25) is 0 Å². The third-order valence-corrected chi connectivity index (χ3v) is 3.19. The van der Waals surface area contributed by atoms with E-state index in [9.17, 15) is 0 Å². The molecule has 0 bridgehead atoms. The van der Waals surface area contributed by atoms with Crippen LogP contribution in [0.25, 0.3) is 0 Å². The number of hydrogen-bond acceptors (Lipinski definition) is 2. The smallest absolute Gasteiger partial charge is 0.0369 e. The van der Waals surface area contributed by atoms with Crippen molar-refractivity contribution in [3.05, 3.63) is 52.2 Å². The van der Waals surface area contributed by atoms with Gasteiger partial charge >= 0.3 is 0 Å². The summed E-state index contributed by atoms with van der Waals surface area (Å²) < 4.78 is 0. The Balaban J connectivity index is 1.86. The molecule has 2 aromatic rings. The second-order valence-electron chi connectivity index (χ2n) is 3.62. The maximum absolute atomic E-state index is 3.46. The lowest BCUT2D eigenvalue weighted by Crippen LogP contribution is -2.05. The van der Waals surface area contributed by atoms with Crippen molar-refractivity contribution < 1.29 is 0 Å². The van der Waals surface area contributed by atoms with Crippen LogP contribution in [0.5, 0.6) is 0 Å². The minimum absolute atomic E-state index is 1.00. The highest BCUT2D eigenvalue weighted by atomic mass is 32.1. The fourth-order valence-corrected chi connectivity index (χ4v) is 2.25. The molecule has 0 amide bonds. The first-order valence-corrected chi connectivity index (χ1v) is 6.11. The van der Waals surface area contributed by atoms with Crippen LogP contribution in [0.1, 0.15) is 11.1 Å². The van der Waals surface area contributed by atoms with Crippen molar-refractivity contribution >= 4 is 17.0 Å². The Morgan fingerprint density at radius 1 is 1.20 bits per heavy atom. The van der Waals surface area contributed by atoms with Gasteiger partial charge in [0.25, 0.3) is 0 Å². The van der Waals surface area contributed by atoms with Crippen molar-refractivity contribution in [2.24, 2.45) is 0 Å². The average Bonchev–Trinajstić information content (AvgIpc) is 2.74. The van der Waals surface area contributed by atoms with E-state index in [1.807, 2.05) is 0 Å². The predicted molar refractivity (Wildman–Crippen MR) is 67.7 cm³/mol. The topological polar surface area (TPSA) is 12.0 Å². The minimum Gasteiger partial charge on any atom is -0.384 e. The molecule has 2 rings (SSSR count). The summed E-state index contributed by atoms with van der Waals surface area (Å²) in [7, 11) is 0. The number of rotatable bonds is 4. The van der Waals surface area contributed by atoms with Crippen molar-refractivity contribution in [3.63, 3.8) is 0 Å². The van der Waals surface area contributed by atoms with Gasteiger partial charge in [0, 0.05) is 12.2 Å². The number of benzene rings is 1. The average molecular weight is 217 g/mol. The van der Waals surface area contributed by atoms with E-state index in [1.54, 1.807) is 11.3 Å². The van der Waals surface area contributed by atoms with Gasteiger partial charge in [0.2, 0.25) is 0 Å². The second-order valence-corrected chi connectivity index (χ2v) is 4.40. The van der Waals surface area contributed by atoms with Crippen LogP contribution in [-0.2, 0) is 6.42 Å². The Morgan fingerprint density at radius 2 is 2.07 bits per heavy atom. The molecular formula is C13H15NS. The van der Waals surface area contributed by atoms with Crippen LogP contribution >= 0.6 is 11.3 Å². The lowest BCUT2D eigenvalue weighted by atomic mass is 10.2. The van der Waals surface area contributed by atoms with E-state index >= 15 is 0 Å². The van der Waals surface area contributed by atoms with Crippen molar-refractivity contribution in [2.75, 3.05) is 11.9 Å². The Morgan fingerprint density at radius 3 is 2.80 bits per heavy atom. The van der Waals surface area contributed by atoms with Crippen LogP contribution in [0.4, 0.5) is 5.69 Å². The van der Waals surface area contributed by atoms with Crippen LogP contribution in [-0.4, -0.2) is 6.54 Å². The maximum Gasteiger partial charge on any atom is 0.0369 e. The SMILES string of the molecule is Cc1ccccc1NCCc1ccsc1. The molecule has 1 heterocycles. The van der Waals surface area contributed by atoms with Gasteiger partial charge in [-0.1, -0.05) is 18.2 Å². The Hall–Kier alpha value is -1.28. The third kappa shape index (κ3) is 2.83. The van der Waals surface area contributed by atoms with Gasteiger partial charge in [-0.05, 0) is 47.4 Å². The van der Waals surface area contributed by atoms with Gasteiger partial charge in [-0.25, -0.2) is 0 Å². The molecule has 78 valence electrons. The predicted octanol–water partition coefficient (Wildman–Crippen LogP) is 3.71. The zero-order chi connectivity index (χ0) is 10.5. The van der Waals surface area contributed by atoms with Gasteiger partial charge in [-0.15, -0.1) is 0 Å². The van der Waals surface area contributed by atoms with Crippen LogP contribution in [0, 0.1) is 6.92 Å². The molecule has 1 aromatic carbocycles. The molecule has 0 saturated heterocycles. The minimum atomic E-state index is 1.00. The zero-order valence-electron chi connectivity index (χ0n) is 8.86. The molecule has 1 aromatic heterocycles. The first-order valence-electron chi connectivity index (χ1n) is 5.17. The first kappa shape index (κ1) is 10.2. The van der Waals surface area contributed by atoms with Gasteiger partial charge in [-0.2, -0.15) is 11.3 Å². The molecule has 1 N–H and O–H groups in total. The van der Waals surface area contributed by atoms with Crippen LogP contribution in [0.15, 0.2) is 41.1 Å². The number of hydrogen-bond donors (Lipinski definition) is 1. The lowest BCUT2D eigenvalue weighted by molar-refractivity contribution is 1.02. The fourth-order valence-electron chi connectivity index (χ4n) is 1.55. The molecule has 0 spiro atoms. The number of para-hydroxylation sites is 1. The van der Waals surface area contributed by atoms with Crippen molar-refractivity contribution in [2.45, 2.75) is 13.3 Å². The highest BCUT2D eigenvalue weighted by Gasteiger charge is 1.96. The van der Waals surface area contributed by atoms with E-state index in [4.69, 9.17) is 0 Å². The molecule has 0 aliphatic rings. The number of anilines is 1. The highest BCUT2D eigenvalue weighted by molar-refractivity contribution is 7.07. The normalized spacial score (nSPS) is 10.2. The molecular weight excluding hydrogens is 202 g/mol. The number of aryl methyl sites for hydroxylation is 1. The summed E-state index contributed by atoms with van der Waals surface area (Å²) in [4.78, 5) is 0. The summed E-state index contributed by atoms with van der Waals surface area (Å²) in [6.07, 6.45) is 1.10. The summed E-state index contributed by atoms with van der Waals surface area (Å²) in [6, 6.07) is 10.6. The van der Waals surface area contributed by atoms with E-state index in [1.165, 1.54) is 16.8 Å². The molecule has 0 radical (unpaired) electrons. The van der Waals surface area contributed by atoms with E-state index in [0.717, 1.165) is 13.0 Å². The molecule has 0 atom stereocenters. The van der Waals surface area contributed by atoms with E-state index < -0.39 is 0 Å². The largest absolute Gasteiger partial charge is 0.384 e. The monoisotopic (exact) mass is 217 g/mol. The van der Waals surface area contributed by atoms with E-state index in [-0.39, 0.29) is 0 Å². The summed E-state index contributed by atoms with van der Waals surface area (Å²) in [5, 5.41) is 7.79. The third-order valence-electron chi connectivity index (χ3n) is 2.45. The number of thiophene rings is 1. The standard InChI is InChI=1S/C13H15NS/c1-11-4-2-3-5-13(11)14-8-6-12-7-9-15-10-12/h2-5,7,9-10,14H,6,8H2,1H3. The second kappa shape index (κ2) is 4.99. The van der Waals surface area contributed by atoms with Crippen molar-refractivity contribution in [1.29, 1.82) is 0 Å². The van der Waals surface area contributed by atoms with Gasteiger partial charge in [0.05, 0.1) is 0 Å². The fraction of sp³-hybridized carbons (Fsp3) is 0.231. The zero-order valence-corrected chi connectivity index (χ0v) is 9.68. The number of nitrogens with one attached hydrogen (secondary N) is 1. The summed E-state index contributed by atoms with van der Waals surface area (Å²) in [5.41, 5.74) is 3.97. The van der Waals surface area contributed by atoms with E-state index in [0.29, 0.717) is 0 Å². The molecule has 0 aliphatic heterocycles. The van der Waals surface area contributed by atoms with Gasteiger partial charge in [0.1, 0.15) is 0 Å². The lowest BCUT2D eigenvalue weighted by Gasteiger charge is -2.08. The van der Waals surface area contributed by atoms with Gasteiger partial charge < -0.3 is 5.32 Å². The first-order chi connectivity index (χ1) is 7.36. The molecule has 2 heteroatoms. The highest BCUT2D eigenvalue weighted by Crippen LogP contribution is 2.13. The summed E-state index contributed by atoms with van der Waals surface area (Å²) in [5.74, 6) is 0. The molecule has 1 nitrogen and oxygen atoms in total. The Bertz CT molecular complexity index is 406. The summed E-state index contributed by atoms with van der Waals surface area (Å²) >= 11 is 1.76. The molecule has 0 fully saturated rings. The molecule has 15 heavy (non-hydrogen) atoms. The van der Waals surface area contributed by atoms with Crippen molar-refractivity contribution in [3.8, 4) is 0 Å². The quantitative estimate of drug-likeness (QED) is 0.823. The molecule has 0 saturated carbocycles. The van der Waals surface area contributed by atoms with E-state index in [2.05, 4.69) is 53.3 Å². The van der Waals surface area contributed by atoms with Crippen LogP contribution < -0.4 is 5.32 Å².